The second kappa shape index (κ2) is 6.25. The molecule has 4 heteroatoms. The topological polar surface area (TPSA) is 38.3 Å². The maximum Gasteiger partial charge on any atom is 0.239 e. The van der Waals surface area contributed by atoms with Gasteiger partial charge in [-0.2, -0.15) is 0 Å². The van der Waals surface area contributed by atoms with Gasteiger partial charge in [0.25, 0.3) is 0 Å². The number of alkyl halides is 1. The van der Waals surface area contributed by atoms with Crippen LogP contribution >= 0.6 is 11.6 Å². The number of carbonyl (C=O) groups excluding carboxylic acids is 1. The summed E-state index contributed by atoms with van der Waals surface area (Å²) in [5.41, 5.74) is 1.77. The summed E-state index contributed by atoms with van der Waals surface area (Å²) in [5, 5.41) is 2.70. The lowest BCUT2D eigenvalue weighted by Crippen LogP contribution is -2.13. The molecule has 0 saturated carbocycles. The zero-order chi connectivity index (χ0) is 13.7. The third kappa shape index (κ3) is 3.73. The largest absolute Gasteiger partial charge is 0.455 e. The molecule has 3 nitrogen and oxygen atoms in total. The van der Waals surface area contributed by atoms with Gasteiger partial charge in [0.15, 0.2) is 5.75 Å². The fraction of sp³-hybridized carbons (Fsp3) is 0.133. The zero-order valence-corrected chi connectivity index (χ0v) is 11.3. The minimum atomic E-state index is -0.262. The van der Waals surface area contributed by atoms with Gasteiger partial charge in [-0.3, -0.25) is 4.79 Å². The first-order valence-corrected chi connectivity index (χ1v) is 6.42. The van der Waals surface area contributed by atoms with E-state index in [9.17, 15) is 4.79 Å². The second-order valence-corrected chi connectivity index (χ2v) is 4.36. The first-order chi connectivity index (χ1) is 9.19. The highest BCUT2D eigenvalue weighted by molar-refractivity contribution is 6.29. The highest BCUT2D eigenvalue weighted by Crippen LogP contribution is 2.29. The maximum absolute atomic E-state index is 11.3. The number of amides is 1. The van der Waals surface area contributed by atoms with Crippen molar-refractivity contribution in [3.05, 3.63) is 54.1 Å². The molecule has 0 aliphatic carbocycles. The predicted molar refractivity (Wildman–Crippen MR) is 77.0 cm³/mol. The molecule has 0 unspecified atom stereocenters. The van der Waals surface area contributed by atoms with Gasteiger partial charge < -0.3 is 10.1 Å². The van der Waals surface area contributed by atoms with Crippen molar-refractivity contribution in [1.82, 2.24) is 0 Å². The number of anilines is 1. The molecular weight excluding hydrogens is 262 g/mol. The number of benzene rings is 2. The average molecular weight is 276 g/mol. The molecular formula is C15H14ClNO2. The Morgan fingerprint density at radius 3 is 2.53 bits per heavy atom. The van der Waals surface area contributed by atoms with Crippen LogP contribution in [-0.2, 0) is 4.79 Å². The lowest BCUT2D eigenvalue weighted by atomic mass is 10.2. The minimum absolute atomic E-state index is 0.0845. The van der Waals surface area contributed by atoms with Crippen LogP contribution in [0.15, 0.2) is 48.5 Å². The summed E-state index contributed by atoms with van der Waals surface area (Å²) in [6, 6.07) is 14.9. The van der Waals surface area contributed by atoms with E-state index in [0.717, 1.165) is 11.3 Å². The van der Waals surface area contributed by atoms with Crippen LogP contribution in [0.2, 0.25) is 0 Å². The van der Waals surface area contributed by atoms with Crippen molar-refractivity contribution in [3.63, 3.8) is 0 Å². The Morgan fingerprint density at radius 1 is 1.16 bits per heavy atom. The Morgan fingerprint density at radius 2 is 1.84 bits per heavy atom. The van der Waals surface area contributed by atoms with Gasteiger partial charge in [-0.05, 0) is 31.2 Å². The molecule has 19 heavy (non-hydrogen) atoms. The van der Waals surface area contributed by atoms with E-state index in [1.807, 2.05) is 43.3 Å². The van der Waals surface area contributed by atoms with Gasteiger partial charge in [-0.1, -0.05) is 29.8 Å². The summed E-state index contributed by atoms with van der Waals surface area (Å²) in [5.74, 6) is 0.961. The number of hydrogen-bond acceptors (Lipinski definition) is 2. The van der Waals surface area contributed by atoms with E-state index in [0.29, 0.717) is 11.4 Å². The van der Waals surface area contributed by atoms with E-state index in [4.69, 9.17) is 16.3 Å². The summed E-state index contributed by atoms with van der Waals surface area (Å²) in [7, 11) is 0. The van der Waals surface area contributed by atoms with Crippen molar-refractivity contribution in [1.29, 1.82) is 0 Å². The Hall–Kier alpha value is -2.00. The van der Waals surface area contributed by atoms with Crippen molar-refractivity contribution in [2.24, 2.45) is 0 Å². The average Bonchev–Trinajstić information content (AvgIpc) is 2.43. The lowest BCUT2D eigenvalue weighted by molar-refractivity contribution is -0.113. The molecule has 0 heterocycles. The molecule has 0 fully saturated rings. The van der Waals surface area contributed by atoms with E-state index >= 15 is 0 Å². The quantitative estimate of drug-likeness (QED) is 0.858. The van der Waals surface area contributed by atoms with Crippen molar-refractivity contribution >= 4 is 23.2 Å². The molecule has 0 spiro atoms. The van der Waals surface area contributed by atoms with Crippen molar-refractivity contribution in [2.45, 2.75) is 6.92 Å². The molecule has 2 rings (SSSR count). The molecule has 0 aliphatic rings. The monoisotopic (exact) mass is 275 g/mol. The normalized spacial score (nSPS) is 10.0. The molecule has 98 valence electrons. The molecule has 0 saturated heterocycles. The van der Waals surface area contributed by atoms with Gasteiger partial charge in [0.05, 0.1) is 5.69 Å². The van der Waals surface area contributed by atoms with Crippen LogP contribution < -0.4 is 10.1 Å². The number of nitrogens with one attached hydrogen (secondary N) is 1. The van der Waals surface area contributed by atoms with Crippen LogP contribution in [0.5, 0.6) is 11.5 Å². The Labute approximate surface area is 117 Å². The standard InChI is InChI=1S/C15H14ClNO2/c1-11-6-8-12(9-7-11)19-14-5-3-2-4-13(14)17-15(18)10-16/h2-9H,10H2,1H3,(H,17,18). The van der Waals surface area contributed by atoms with E-state index in [2.05, 4.69) is 5.32 Å². The van der Waals surface area contributed by atoms with Crippen LogP contribution in [0.4, 0.5) is 5.69 Å². The Kier molecular flexibility index (Phi) is 4.42. The Bertz CT molecular complexity index is 567. The van der Waals surface area contributed by atoms with Crippen molar-refractivity contribution in [3.8, 4) is 11.5 Å². The number of carbonyl (C=O) groups is 1. The van der Waals surface area contributed by atoms with Gasteiger partial charge in [0.2, 0.25) is 5.91 Å². The van der Waals surface area contributed by atoms with Crippen molar-refractivity contribution < 1.29 is 9.53 Å². The van der Waals surface area contributed by atoms with Crippen molar-refractivity contribution in [2.75, 3.05) is 11.2 Å². The highest BCUT2D eigenvalue weighted by Gasteiger charge is 2.07. The van der Waals surface area contributed by atoms with E-state index in [-0.39, 0.29) is 11.8 Å². The maximum atomic E-state index is 11.3. The molecule has 0 aromatic heterocycles. The number of para-hydroxylation sites is 2. The minimum Gasteiger partial charge on any atom is -0.455 e. The number of aryl methyl sites for hydroxylation is 1. The molecule has 1 N–H and O–H groups in total. The van der Waals surface area contributed by atoms with E-state index in [1.165, 1.54) is 0 Å². The van der Waals surface area contributed by atoms with Gasteiger partial charge >= 0.3 is 0 Å². The van der Waals surface area contributed by atoms with E-state index < -0.39 is 0 Å². The van der Waals surface area contributed by atoms with Crippen LogP contribution in [-0.4, -0.2) is 11.8 Å². The highest BCUT2D eigenvalue weighted by atomic mass is 35.5. The van der Waals surface area contributed by atoms with Gasteiger partial charge in [-0.15, -0.1) is 11.6 Å². The first-order valence-electron chi connectivity index (χ1n) is 5.88. The zero-order valence-electron chi connectivity index (χ0n) is 10.5. The molecule has 0 bridgehead atoms. The third-order valence-corrected chi connectivity index (χ3v) is 2.77. The third-order valence-electron chi connectivity index (χ3n) is 2.53. The smallest absolute Gasteiger partial charge is 0.239 e. The Balaban J connectivity index is 2.20. The number of rotatable bonds is 4. The fourth-order valence-electron chi connectivity index (χ4n) is 1.58. The van der Waals surface area contributed by atoms with E-state index in [1.54, 1.807) is 12.1 Å². The first kappa shape index (κ1) is 13.4. The fourth-order valence-corrected chi connectivity index (χ4v) is 1.64. The SMILES string of the molecule is Cc1ccc(Oc2ccccc2NC(=O)CCl)cc1. The molecule has 2 aromatic carbocycles. The molecule has 0 aliphatic heterocycles. The summed E-state index contributed by atoms with van der Waals surface area (Å²) in [4.78, 5) is 11.3. The summed E-state index contributed by atoms with van der Waals surface area (Å²) in [6.07, 6.45) is 0. The predicted octanol–water partition coefficient (Wildman–Crippen LogP) is 3.96. The van der Waals surface area contributed by atoms with Gasteiger partial charge in [-0.25, -0.2) is 0 Å². The number of halogens is 1. The van der Waals surface area contributed by atoms with Crippen LogP contribution in [0.1, 0.15) is 5.56 Å². The number of ether oxygens (including phenoxy) is 1. The number of hydrogen-bond donors (Lipinski definition) is 1. The molecule has 1 amide bonds. The van der Waals surface area contributed by atoms with Crippen LogP contribution in [0.3, 0.4) is 0 Å². The molecule has 0 atom stereocenters. The summed E-state index contributed by atoms with van der Waals surface area (Å²) >= 11 is 5.48. The van der Waals surface area contributed by atoms with Crippen LogP contribution in [0.25, 0.3) is 0 Å². The second-order valence-electron chi connectivity index (χ2n) is 4.09. The lowest BCUT2D eigenvalue weighted by Gasteiger charge is -2.11. The summed E-state index contributed by atoms with van der Waals surface area (Å²) in [6.45, 7) is 2.01. The molecule has 2 aromatic rings. The summed E-state index contributed by atoms with van der Waals surface area (Å²) < 4.78 is 5.75. The van der Waals surface area contributed by atoms with Gasteiger partial charge in [0.1, 0.15) is 11.6 Å². The van der Waals surface area contributed by atoms with Gasteiger partial charge in [0, 0.05) is 0 Å². The van der Waals surface area contributed by atoms with Crippen LogP contribution in [0, 0.1) is 6.92 Å². The molecule has 0 radical (unpaired) electrons.